The number of aromatic nitrogens is 3. The van der Waals surface area contributed by atoms with Crippen LogP contribution in [0.25, 0.3) is 0 Å². The maximum absolute atomic E-state index is 3.95. The minimum Gasteiger partial charge on any atom is -0.256 e. The molecule has 0 aliphatic heterocycles. The van der Waals surface area contributed by atoms with Crippen LogP contribution in [0.15, 0.2) is 0 Å². The van der Waals surface area contributed by atoms with E-state index < -0.39 is 0 Å². The maximum atomic E-state index is 3.95. The number of hydrogen-bond acceptors (Lipinski definition) is 2. The van der Waals surface area contributed by atoms with E-state index in [1.807, 2.05) is 0 Å². The van der Waals surface area contributed by atoms with Gasteiger partial charge in [0.25, 0.3) is 0 Å². The van der Waals surface area contributed by atoms with Gasteiger partial charge in [0.05, 0.1) is 5.69 Å². The van der Waals surface area contributed by atoms with Crippen LogP contribution in [0.1, 0.15) is 37.8 Å². The van der Waals surface area contributed by atoms with Gasteiger partial charge in [0.1, 0.15) is 6.20 Å². The molecule has 0 saturated heterocycles. The predicted octanol–water partition coefficient (Wildman–Crippen LogP) is 1.73. The first-order valence-electron chi connectivity index (χ1n) is 4.73. The van der Waals surface area contributed by atoms with Crippen molar-refractivity contribution in [3.63, 3.8) is 0 Å². The van der Waals surface area contributed by atoms with Crippen molar-refractivity contribution in [3.8, 4) is 0 Å². The molecule has 0 unspecified atom stereocenters. The molecule has 1 N–H and O–H groups in total. The predicted molar refractivity (Wildman–Crippen MR) is 45.5 cm³/mol. The van der Waals surface area contributed by atoms with Gasteiger partial charge in [0, 0.05) is 0 Å². The fraction of sp³-hybridized carbons (Fsp3) is 0.778. The molecule has 1 aliphatic rings. The van der Waals surface area contributed by atoms with Gasteiger partial charge in [0.15, 0.2) is 0 Å². The lowest BCUT2D eigenvalue weighted by Crippen LogP contribution is -2.09. The molecule has 1 aromatic heterocycles. The molecular formula is C9H14N3. The summed E-state index contributed by atoms with van der Waals surface area (Å²) in [6.45, 7) is 0. The minimum atomic E-state index is 0.833. The Hall–Kier alpha value is -0.860. The van der Waals surface area contributed by atoms with Crippen LogP contribution in [0, 0.1) is 12.1 Å². The molecule has 0 atom stereocenters. The summed E-state index contributed by atoms with van der Waals surface area (Å²) in [6.07, 6.45) is 10.9. The van der Waals surface area contributed by atoms with Gasteiger partial charge in [-0.2, -0.15) is 0 Å². The van der Waals surface area contributed by atoms with E-state index in [0.717, 1.165) is 18.0 Å². The number of aromatic amines is 1. The highest BCUT2D eigenvalue weighted by Gasteiger charge is 2.14. The van der Waals surface area contributed by atoms with E-state index >= 15 is 0 Å². The third-order valence-corrected chi connectivity index (χ3v) is 2.63. The zero-order valence-electron chi connectivity index (χ0n) is 7.21. The zero-order chi connectivity index (χ0) is 8.23. The van der Waals surface area contributed by atoms with E-state index in [1.54, 1.807) is 0 Å². The molecular weight excluding hydrogens is 150 g/mol. The first kappa shape index (κ1) is 7.77. The van der Waals surface area contributed by atoms with Crippen LogP contribution < -0.4 is 0 Å². The Balaban J connectivity index is 1.86. The van der Waals surface area contributed by atoms with Crippen LogP contribution >= 0.6 is 0 Å². The summed E-state index contributed by atoms with van der Waals surface area (Å²) in [4.78, 5) is 0. The number of hydrogen-bond donors (Lipinski definition) is 1. The Kier molecular flexibility index (Phi) is 2.39. The quantitative estimate of drug-likeness (QED) is 0.723. The van der Waals surface area contributed by atoms with Crippen molar-refractivity contribution in [1.82, 2.24) is 15.4 Å². The highest BCUT2D eigenvalue weighted by molar-refractivity contribution is 4.91. The Morgan fingerprint density at radius 2 is 2.17 bits per heavy atom. The third-order valence-electron chi connectivity index (χ3n) is 2.63. The number of nitrogens with zero attached hydrogens (tertiary/aromatic N) is 2. The van der Waals surface area contributed by atoms with Crippen LogP contribution in [0.2, 0.25) is 0 Å². The first-order valence-corrected chi connectivity index (χ1v) is 4.73. The van der Waals surface area contributed by atoms with E-state index in [1.165, 1.54) is 32.1 Å². The fourth-order valence-electron chi connectivity index (χ4n) is 1.96. The molecule has 0 amide bonds. The summed E-state index contributed by atoms with van der Waals surface area (Å²) in [7, 11) is 0. The van der Waals surface area contributed by atoms with Crippen molar-refractivity contribution in [3.05, 3.63) is 11.9 Å². The first-order chi connectivity index (χ1) is 5.95. The number of rotatable bonds is 2. The Morgan fingerprint density at radius 3 is 2.83 bits per heavy atom. The van der Waals surface area contributed by atoms with E-state index in [9.17, 15) is 0 Å². The molecule has 1 aromatic rings. The molecule has 3 heteroatoms. The van der Waals surface area contributed by atoms with Crippen LogP contribution in [0.5, 0.6) is 0 Å². The average molecular weight is 164 g/mol. The van der Waals surface area contributed by atoms with Crippen LogP contribution in [-0.4, -0.2) is 15.4 Å². The lowest BCUT2D eigenvalue weighted by Gasteiger charge is -2.19. The second-order valence-corrected chi connectivity index (χ2v) is 3.59. The van der Waals surface area contributed by atoms with Gasteiger partial charge >= 0.3 is 0 Å². The standard InChI is InChI=1S/C9H14N3/c1-2-4-8(5-3-1)6-9-7-10-12-11-9/h8H,1-6H2,(H,10,11,12). The molecule has 12 heavy (non-hydrogen) atoms. The van der Waals surface area contributed by atoms with Crippen molar-refractivity contribution >= 4 is 0 Å². The zero-order valence-corrected chi connectivity index (χ0v) is 7.21. The smallest absolute Gasteiger partial charge is 0.108 e. The second-order valence-electron chi connectivity index (χ2n) is 3.59. The summed E-state index contributed by atoms with van der Waals surface area (Å²) < 4.78 is 0. The van der Waals surface area contributed by atoms with E-state index in [2.05, 4.69) is 21.6 Å². The highest BCUT2D eigenvalue weighted by atomic mass is 15.3. The Labute approximate surface area is 72.6 Å². The lowest BCUT2D eigenvalue weighted by atomic mass is 9.86. The van der Waals surface area contributed by atoms with Crippen molar-refractivity contribution in [1.29, 1.82) is 0 Å². The molecule has 0 bridgehead atoms. The summed E-state index contributed by atoms with van der Waals surface area (Å²) in [5.74, 6) is 0.833. The molecule has 1 saturated carbocycles. The van der Waals surface area contributed by atoms with Gasteiger partial charge in [-0.3, -0.25) is 5.10 Å². The maximum Gasteiger partial charge on any atom is 0.108 e. The van der Waals surface area contributed by atoms with E-state index in [4.69, 9.17) is 0 Å². The summed E-state index contributed by atoms with van der Waals surface area (Å²) in [5.41, 5.74) is 1.00. The molecule has 1 fully saturated rings. The summed E-state index contributed by atoms with van der Waals surface area (Å²) in [5, 5.41) is 10.2. The summed E-state index contributed by atoms with van der Waals surface area (Å²) >= 11 is 0. The largest absolute Gasteiger partial charge is 0.256 e. The van der Waals surface area contributed by atoms with Crippen LogP contribution in [0.4, 0.5) is 0 Å². The molecule has 0 aromatic carbocycles. The lowest BCUT2D eigenvalue weighted by molar-refractivity contribution is 0.354. The minimum absolute atomic E-state index is 0.833. The molecule has 1 heterocycles. The van der Waals surface area contributed by atoms with Gasteiger partial charge in [-0.1, -0.05) is 37.3 Å². The van der Waals surface area contributed by atoms with Gasteiger partial charge in [-0.25, -0.2) is 0 Å². The van der Waals surface area contributed by atoms with Gasteiger partial charge in [-0.15, -0.1) is 5.10 Å². The van der Waals surface area contributed by atoms with Gasteiger partial charge in [0.2, 0.25) is 0 Å². The van der Waals surface area contributed by atoms with Gasteiger partial charge in [-0.05, 0) is 12.3 Å². The van der Waals surface area contributed by atoms with Crippen molar-refractivity contribution in [2.24, 2.45) is 5.92 Å². The SMILES string of the molecule is [c]1[nH]nnc1CC1CCCCC1. The molecule has 1 aliphatic carbocycles. The monoisotopic (exact) mass is 164 g/mol. The average Bonchev–Trinajstić information content (AvgIpc) is 2.59. The molecule has 65 valence electrons. The molecule has 1 radical (unpaired) electrons. The topological polar surface area (TPSA) is 41.6 Å². The van der Waals surface area contributed by atoms with Crippen LogP contribution in [-0.2, 0) is 6.42 Å². The van der Waals surface area contributed by atoms with E-state index in [-0.39, 0.29) is 0 Å². The normalized spacial score (nSPS) is 19.7. The number of nitrogens with one attached hydrogen (secondary N) is 1. The van der Waals surface area contributed by atoms with Crippen molar-refractivity contribution < 1.29 is 0 Å². The third kappa shape index (κ3) is 1.84. The fourth-order valence-corrected chi connectivity index (χ4v) is 1.96. The molecule has 2 rings (SSSR count). The van der Waals surface area contributed by atoms with Crippen molar-refractivity contribution in [2.45, 2.75) is 38.5 Å². The Morgan fingerprint density at radius 1 is 1.33 bits per heavy atom. The summed E-state index contributed by atoms with van der Waals surface area (Å²) in [6, 6.07) is 0. The molecule has 3 nitrogen and oxygen atoms in total. The van der Waals surface area contributed by atoms with Crippen LogP contribution in [0.3, 0.4) is 0 Å². The van der Waals surface area contributed by atoms with Crippen molar-refractivity contribution in [2.75, 3.05) is 0 Å². The van der Waals surface area contributed by atoms with Gasteiger partial charge < -0.3 is 0 Å². The molecule has 0 spiro atoms. The number of H-pyrrole nitrogens is 1. The Bertz CT molecular complexity index is 212. The second kappa shape index (κ2) is 3.70. The van der Waals surface area contributed by atoms with E-state index in [0.29, 0.717) is 0 Å². The highest BCUT2D eigenvalue weighted by Crippen LogP contribution is 2.25.